The molecule has 0 fully saturated rings. The molecule has 1 atom stereocenters. The van der Waals surface area contributed by atoms with Crippen LogP contribution in [-0.2, 0) is 11.3 Å². The lowest BCUT2D eigenvalue weighted by molar-refractivity contribution is -0.0501. The van der Waals surface area contributed by atoms with Gasteiger partial charge < -0.3 is 23.3 Å². The molecule has 33 heavy (non-hydrogen) atoms. The number of alkyl halides is 2. The van der Waals surface area contributed by atoms with Crippen molar-refractivity contribution >= 4 is 16.9 Å². The van der Waals surface area contributed by atoms with Gasteiger partial charge in [-0.2, -0.15) is 8.78 Å². The van der Waals surface area contributed by atoms with Crippen molar-refractivity contribution in [2.45, 2.75) is 46.9 Å². The number of carbonyl (C=O) groups excluding carboxylic acids is 1. The summed E-state index contributed by atoms with van der Waals surface area (Å²) in [6, 6.07) is 6.36. The molecule has 9 heteroatoms. The van der Waals surface area contributed by atoms with Crippen molar-refractivity contribution in [3.63, 3.8) is 0 Å². The Morgan fingerprint density at radius 3 is 2.55 bits per heavy atom. The predicted molar refractivity (Wildman–Crippen MR) is 119 cm³/mol. The number of hydrogen-bond donors (Lipinski definition) is 0. The first-order valence-electron chi connectivity index (χ1n) is 10.7. The third-order valence-electron chi connectivity index (χ3n) is 5.95. The van der Waals surface area contributed by atoms with Gasteiger partial charge in [0.15, 0.2) is 16.9 Å². The number of benzene rings is 1. The topological polar surface area (TPSA) is 71.7 Å². The number of carbonyl (C=O) groups is 1. The number of ether oxygens (including phenoxy) is 3. The van der Waals surface area contributed by atoms with Gasteiger partial charge >= 0.3 is 12.6 Å². The number of esters is 1. The Balaban J connectivity index is 2.01. The van der Waals surface area contributed by atoms with Crippen molar-refractivity contribution in [2.24, 2.45) is 5.41 Å². The first-order chi connectivity index (χ1) is 15.6. The second kappa shape index (κ2) is 8.20. The van der Waals surface area contributed by atoms with E-state index in [1.807, 2.05) is 9.13 Å². The van der Waals surface area contributed by atoms with E-state index in [9.17, 15) is 18.4 Å². The summed E-state index contributed by atoms with van der Waals surface area (Å²) in [7, 11) is 1.39. The van der Waals surface area contributed by atoms with E-state index in [1.165, 1.54) is 13.2 Å². The van der Waals surface area contributed by atoms with Gasteiger partial charge in [-0.25, -0.2) is 4.79 Å². The lowest BCUT2D eigenvalue weighted by atomic mass is 9.85. The van der Waals surface area contributed by atoms with Gasteiger partial charge in [0.25, 0.3) is 0 Å². The quantitative estimate of drug-likeness (QED) is 0.509. The largest absolute Gasteiger partial charge is 0.493 e. The number of methoxy groups -OCH3 is 1. The summed E-state index contributed by atoms with van der Waals surface area (Å²) in [6.45, 7) is 5.51. The van der Waals surface area contributed by atoms with Crippen molar-refractivity contribution in [2.75, 3.05) is 13.7 Å². The Kier molecular flexibility index (Phi) is 5.67. The fourth-order valence-electron chi connectivity index (χ4n) is 4.40. The first-order valence-corrected chi connectivity index (χ1v) is 10.7. The van der Waals surface area contributed by atoms with E-state index in [4.69, 9.17) is 14.2 Å². The minimum absolute atomic E-state index is 0.0391. The van der Waals surface area contributed by atoms with Crippen LogP contribution in [0.4, 0.5) is 8.78 Å². The summed E-state index contributed by atoms with van der Waals surface area (Å²) < 4.78 is 45.3. The van der Waals surface area contributed by atoms with E-state index in [0.29, 0.717) is 28.8 Å². The molecule has 4 rings (SSSR count). The summed E-state index contributed by atoms with van der Waals surface area (Å²) in [4.78, 5) is 25.2. The number of hydrogen-bond acceptors (Lipinski definition) is 5. The molecule has 0 bridgehead atoms. The van der Waals surface area contributed by atoms with Gasteiger partial charge in [-0.3, -0.25) is 4.79 Å². The molecule has 0 aliphatic carbocycles. The summed E-state index contributed by atoms with van der Waals surface area (Å²) in [5.41, 5.74) is 1.17. The highest BCUT2D eigenvalue weighted by atomic mass is 19.3. The smallest absolute Gasteiger partial charge is 0.387 e. The number of aromatic nitrogens is 2. The molecule has 176 valence electrons. The van der Waals surface area contributed by atoms with Crippen molar-refractivity contribution in [1.29, 1.82) is 0 Å². The lowest BCUT2D eigenvalue weighted by Crippen LogP contribution is -2.35. The fourth-order valence-corrected chi connectivity index (χ4v) is 4.40. The normalized spacial score (nSPS) is 15.3. The second-order valence-corrected chi connectivity index (χ2v) is 8.99. The highest BCUT2D eigenvalue weighted by Crippen LogP contribution is 2.45. The summed E-state index contributed by atoms with van der Waals surface area (Å²) in [5.74, 6) is -0.543. The minimum atomic E-state index is -3.02. The summed E-state index contributed by atoms with van der Waals surface area (Å²) in [5, 5.41) is 0.452. The van der Waals surface area contributed by atoms with Crippen molar-refractivity contribution < 1.29 is 27.8 Å². The van der Waals surface area contributed by atoms with Crippen LogP contribution in [0.5, 0.6) is 11.5 Å². The van der Waals surface area contributed by atoms with Crippen LogP contribution in [0.2, 0.25) is 0 Å². The Morgan fingerprint density at radius 2 is 1.94 bits per heavy atom. The molecular formula is C24H26F2N2O5. The van der Waals surface area contributed by atoms with Crippen molar-refractivity contribution in [3.8, 4) is 22.9 Å². The number of fused-ring (bicyclic) bond motifs is 5. The van der Waals surface area contributed by atoms with Gasteiger partial charge in [-0.15, -0.1) is 0 Å². The molecule has 0 amide bonds. The maximum absolute atomic E-state index is 13.2. The molecule has 1 aliphatic heterocycles. The van der Waals surface area contributed by atoms with Crippen molar-refractivity contribution in [3.05, 3.63) is 46.2 Å². The summed E-state index contributed by atoms with van der Waals surface area (Å²) >= 11 is 0. The van der Waals surface area contributed by atoms with E-state index in [-0.39, 0.29) is 35.1 Å². The maximum atomic E-state index is 13.2. The predicted octanol–water partition coefficient (Wildman–Crippen LogP) is 4.86. The van der Waals surface area contributed by atoms with Crippen LogP contribution in [0.3, 0.4) is 0 Å². The Bertz CT molecular complexity index is 1290. The van der Waals surface area contributed by atoms with Gasteiger partial charge in [0.05, 0.1) is 36.7 Å². The van der Waals surface area contributed by atoms with Crippen LogP contribution in [0.1, 0.15) is 44.1 Å². The maximum Gasteiger partial charge on any atom is 0.387 e. The van der Waals surface area contributed by atoms with E-state index in [2.05, 4.69) is 20.8 Å². The van der Waals surface area contributed by atoms with Gasteiger partial charge in [0.2, 0.25) is 0 Å². The van der Waals surface area contributed by atoms with Gasteiger partial charge in [-0.1, -0.05) is 20.8 Å². The van der Waals surface area contributed by atoms with Crippen LogP contribution >= 0.6 is 0 Å². The van der Waals surface area contributed by atoms with Gasteiger partial charge in [0.1, 0.15) is 5.56 Å². The molecule has 3 aromatic rings. The highest BCUT2D eigenvalue weighted by Gasteiger charge is 2.35. The number of rotatable bonds is 5. The summed E-state index contributed by atoms with van der Waals surface area (Å²) in [6.07, 6.45) is 1.55. The zero-order chi connectivity index (χ0) is 24.1. The average molecular weight is 460 g/mol. The van der Waals surface area contributed by atoms with E-state index in [1.54, 1.807) is 31.3 Å². The molecule has 0 saturated heterocycles. The number of pyridine rings is 1. The molecule has 0 saturated carbocycles. The Hall–Kier alpha value is -3.36. The van der Waals surface area contributed by atoms with Gasteiger partial charge in [-0.05, 0) is 30.5 Å². The van der Waals surface area contributed by atoms with Crippen LogP contribution < -0.4 is 14.9 Å². The minimum Gasteiger partial charge on any atom is -0.493 e. The van der Waals surface area contributed by atoms with Gasteiger partial charge in [0, 0.05) is 24.2 Å². The second-order valence-electron chi connectivity index (χ2n) is 8.99. The molecule has 0 radical (unpaired) electrons. The molecule has 2 aromatic heterocycles. The third kappa shape index (κ3) is 3.85. The van der Waals surface area contributed by atoms with E-state index >= 15 is 0 Å². The molecule has 1 unspecified atom stereocenters. The molecule has 0 spiro atoms. The third-order valence-corrected chi connectivity index (χ3v) is 5.95. The van der Waals surface area contributed by atoms with Crippen LogP contribution in [0, 0.1) is 5.41 Å². The van der Waals surface area contributed by atoms with Crippen LogP contribution in [-0.4, -0.2) is 35.4 Å². The van der Waals surface area contributed by atoms with Crippen molar-refractivity contribution in [1.82, 2.24) is 9.13 Å². The molecule has 1 aliphatic rings. The first kappa shape index (κ1) is 22.8. The SMILES string of the molecule is CCOC(=O)c1cn2c(cc1=O)-c1cc3c(OC(F)F)c(OC)ccc3n1CC2C(C)(C)C. The molecule has 3 heterocycles. The zero-order valence-electron chi connectivity index (χ0n) is 19.1. The lowest BCUT2D eigenvalue weighted by Gasteiger charge is -2.39. The highest BCUT2D eigenvalue weighted by molar-refractivity contribution is 5.94. The monoisotopic (exact) mass is 460 g/mol. The molecule has 0 N–H and O–H groups in total. The molecule has 7 nitrogen and oxygen atoms in total. The fraction of sp³-hybridized carbons (Fsp3) is 0.417. The van der Waals surface area contributed by atoms with Crippen LogP contribution in [0.15, 0.2) is 35.3 Å². The van der Waals surface area contributed by atoms with E-state index < -0.39 is 18.0 Å². The zero-order valence-corrected chi connectivity index (χ0v) is 19.1. The Morgan fingerprint density at radius 1 is 1.21 bits per heavy atom. The molecule has 1 aromatic carbocycles. The molecular weight excluding hydrogens is 434 g/mol. The standard InChI is InChI=1S/C24H26F2N2O5/c1-6-32-22(30)14-11-28-17(10-18(14)29)16-9-13-15(27(16)12-20(28)24(2,3)4)7-8-19(31-5)21(13)33-23(25)26/h7-11,20,23H,6,12H2,1-5H3. The average Bonchev–Trinajstić information content (AvgIpc) is 3.11. The van der Waals surface area contributed by atoms with E-state index in [0.717, 1.165) is 0 Å². The Labute approximate surface area is 189 Å². The number of halogens is 2. The van der Waals surface area contributed by atoms with Crippen LogP contribution in [0.25, 0.3) is 22.3 Å². The number of nitrogens with zero attached hydrogens (tertiary/aromatic N) is 2.